The van der Waals surface area contributed by atoms with E-state index in [1.165, 1.54) is 6.07 Å². The van der Waals surface area contributed by atoms with Crippen LogP contribution in [0.2, 0.25) is 10.0 Å². The summed E-state index contributed by atoms with van der Waals surface area (Å²) in [6.07, 6.45) is -4.39. The van der Waals surface area contributed by atoms with E-state index in [2.05, 4.69) is 5.32 Å². The van der Waals surface area contributed by atoms with E-state index < -0.39 is 11.7 Å². The highest BCUT2D eigenvalue weighted by Crippen LogP contribution is 2.33. The van der Waals surface area contributed by atoms with Crippen molar-refractivity contribution in [3.8, 4) is 11.3 Å². The molecular weight excluding hydrogens is 374 g/mol. The first kappa shape index (κ1) is 17.7. The molecule has 0 aliphatic carbocycles. The molecule has 7 heteroatoms. The Morgan fingerprint density at radius 3 is 2.52 bits per heavy atom. The van der Waals surface area contributed by atoms with Gasteiger partial charge in [-0.2, -0.15) is 13.2 Å². The zero-order valence-corrected chi connectivity index (χ0v) is 14.2. The van der Waals surface area contributed by atoms with Gasteiger partial charge in [-0.25, -0.2) is 0 Å². The van der Waals surface area contributed by atoms with E-state index in [4.69, 9.17) is 27.6 Å². The van der Waals surface area contributed by atoms with Crippen LogP contribution in [0.3, 0.4) is 0 Å². The number of rotatable bonds is 4. The fourth-order valence-electron chi connectivity index (χ4n) is 2.29. The molecule has 2 aromatic carbocycles. The second-order valence-corrected chi connectivity index (χ2v) is 6.17. The highest BCUT2D eigenvalue weighted by atomic mass is 35.5. The molecule has 25 heavy (non-hydrogen) atoms. The van der Waals surface area contributed by atoms with Crippen LogP contribution in [0.5, 0.6) is 0 Å². The zero-order chi connectivity index (χ0) is 18.0. The quantitative estimate of drug-likeness (QED) is 0.529. The molecule has 0 radical (unpaired) electrons. The summed E-state index contributed by atoms with van der Waals surface area (Å²) in [5, 5.41) is 4.13. The molecule has 0 spiro atoms. The Balaban J connectivity index is 1.76. The summed E-state index contributed by atoms with van der Waals surface area (Å²) in [5.41, 5.74) is 0.292. The first-order valence-electron chi connectivity index (χ1n) is 7.28. The van der Waals surface area contributed by atoms with E-state index >= 15 is 0 Å². The van der Waals surface area contributed by atoms with Crippen LogP contribution in [0.1, 0.15) is 11.3 Å². The lowest BCUT2D eigenvalue weighted by Gasteiger charge is -2.08. The van der Waals surface area contributed by atoms with Crippen LogP contribution in [-0.4, -0.2) is 0 Å². The molecule has 0 amide bonds. The fraction of sp³-hybridized carbons (Fsp3) is 0.111. The molecule has 0 bridgehead atoms. The third-order valence-electron chi connectivity index (χ3n) is 3.52. The van der Waals surface area contributed by atoms with Gasteiger partial charge in [-0.15, -0.1) is 0 Å². The van der Waals surface area contributed by atoms with Gasteiger partial charge < -0.3 is 9.73 Å². The normalized spacial score (nSPS) is 11.6. The molecule has 0 aliphatic heterocycles. The van der Waals surface area contributed by atoms with Crippen molar-refractivity contribution in [2.75, 3.05) is 5.32 Å². The molecule has 0 aliphatic rings. The largest absolute Gasteiger partial charge is 0.459 e. The molecule has 0 atom stereocenters. The third-order valence-corrected chi connectivity index (χ3v) is 4.08. The maximum Gasteiger partial charge on any atom is 0.416 e. The van der Waals surface area contributed by atoms with Gasteiger partial charge in [-0.3, -0.25) is 0 Å². The fourth-order valence-corrected chi connectivity index (χ4v) is 2.65. The monoisotopic (exact) mass is 385 g/mol. The van der Waals surface area contributed by atoms with Crippen molar-refractivity contribution in [2.24, 2.45) is 0 Å². The number of benzene rings is 2. The number of hydrogen-bond donors (Lipinski definition) is 1. The summed E-state index contributed by atoms with van der Waals surface area (Å²) in [7, 11) is 0. The van der Waals surface area contributed by atoms with Crippen molar-refractivity contribution in [1.29, 1.82) is 0 Å². The number of nitrogens with one attached hydrogen (secondary N) is 1. The summed E-state index contributed by atoms with van der Waals surface area (Å²) >= 11 is 12.0. The Bertz CT molecular complexity index is 890. The van der Waals surface area contributed by atoms with Crippen LogP contribution in [-0.2, 0) is 12.7 Å². The van der Waals surface area contributed by atoms with Crippen molar-refractivity contribution in [2.45, 2.75) is 12.7 Å². The van der Waals surface area contributed by atoms with Gasteiger partial charge in [0.15, 0.2) is 0 Å². The summed E-state index contributed by atoms with van der Waals surface area (Å²) in [5.74, 6) is 0.920. The van der Waals surface area contributed by atoms with Gasteiger partial charge in [0, 0.05) is 10.6 Å². The highest BCUT2D eigenvalue weighted by Gasteiger charge is 2.30. The molecule has 0 saturated heterocycles. The van der Waals surface area contributed by atoms with E-state index in [-0.39, 0.29) is 0 Å². The summed E-state index contributed by atoms with van der Waals surface area (Å²) < 4.78 is 44.0. The standard InChI is InChI=1S/C18H12Cl2F3NO/c19-13-4-6-15(20)16(9-13)24-10-14-5-7-17(25-14)11-2-1-3-12(8-11)18(21,22)23/h1-9,24H,10H2. The molecule has 3 aromatic rings. The molecule has 1 aromatic heterocycles. The number of hydrogen-bond acceptors (Lipinski definition) is 2. The predicted molar refractivity (Wildman–Crippen MR) is 92.9 cm³/mol. The van der Waals surface area contributed by atoms with Crippen LogP contribution in [0, 0.1) is 0 Å². The molecule has 3 rings (SSSR count). The number of anilines is 1. The van der Waals surface area contributed by atoms with Crippen LogP contribution in [0.4, 0.5) is 18.9 Å². The van der Waals surface area contributed by atoms with E-state index in [0.717, 1.165) is 12.1 Å². The molecule has 2 nitrogen and oxygen atoms in total. The highest BCUT2D eigenvalue weighted by molar-refractivity contribution is 6.35. The summed E-state index contributed by atoms with van der Waals surface area (Å²) in [4.78, 5) is 0. The van der Waals surface area contributed by atoms with E-state index in [0.29, 0.717) is 39.4 Å². The van der Waals surface area contributed by atoms with Gasteiger partial charge in [0.2, 0.25) is 0 Å². The lowest BCUT2D eigenvalue weighted by atomic mass is 10.1. The summed E-state index contributed by atoms with van der Waals surface area (Å²) in [6, 6.07) is 13.4. The second kappa shape index (κ2) is 7.02. The summed E-state index contributed by atoms with van der Waals surface area (Å²) in [6.45, 7) is 0.318. The second-order valence-electron chi connectivity index (χ2n) is 5.32. The Morgan fingerprint density at radius 1 is 0.960 bits per heavy atom. The first-order valence-corrected chi connectivity index (χ1v) is 8.04. The third kappa shape index (κ3) is 4.30. The maximum absolute atomic E-state index is 12.8. The minimum atomic E-state index is -4.39. The molecule has 0 saturated carbocycles. The predicted octanol–water partition coefficient (Wildman–Crippen LogP) is 6.88. The van der Waals surface area contributed by atoms with Gasteiger partial charge >= 0.3 is 6.18 Å². The van der Waals surface area contributed by atoms with Gasteiger partial charge in [0.05, 0.1) is 22.8 Å². The topological polar surface area (TPSA) is 25.2 Å². The van der Waals surface area contributed by atoms with Gasteiger partial charge in [0.1, 0.15) is 11.5 Å². The lowest BCUT2D eigenvalue weighted by Crippen LogP contribution is -2.04. The minimum Gasteiger partial charge on any atom is -0.459 e. The smallest absolute Gasteiger partial charge is 0.416 e. The first-order chi connectivity index (χ1) is 11.8. The number of furan rings is 1. The Kier molecular flexibility index (Phi) is 4.97. The Labute approximate surface area is 152 Å². The molecule has 1 N–H and O–H groups in total. The van der Waals surface area contributed by atoms with Gasteiger partial charge in [-0.1, -0.05) is 35.3 Å². The average molecular weight is 386 g/mol. The maximum atomic E-state index is 12.8. The van der Waals surface area contributed by atoms with Crippen molar-refractivity contribution in [1.82, 2.24) is 0 Å². The van der Waals surface area contributed by atoms with Crippen molar-refractivity contribution in [3.63, 3.8) is 0 Å². The van der Waals surface area contributed by atoms with E-state index in [1.54, 1.807) is 36.4 Å². The van der Waals surface area contributed by atoms with E-state index in [9.17, 15) is 13.2 Å². The molecular formula is C18H12Cl2F3NO. The van der Waals surface area contributed by atoms with Gasteiger partial charge in [0.25, 0.3) is 0 Å². The Morgan fingerprint density at radius 2 is 1.76 bits per heavy atom. The van der Waals surface area contributed by atoms with Crippen LogP contribution >= 0.6 is 23.2 Å². The van der Waals surface area contributed by atoms with Crippen LogP contribution in [0.25, 0.3) is 11.3 Å². The Hall–Kier alpha value is -2.11. The molecule has 0 unspecified atom stereocenters. The van der Waals surface area contributed by atoms with Crippen molar-refractivity contribution < 1.29 is 17.6 Å². The number of alkyl halides is 3. The van der Waals surface area contributed by atoms with Crippen molar-refractivity contribution in [3.05, 3.63) is 76.0 Å². The molecule has 1 heterocycles. The van der Waals surface area contributed by atoms with Gasteiger partial charge in [-0.05, 0) is 42.5 Å². The lowest BCUT2D eigenvalue weighted by molar-refractivity contribution is -0.137. The van der Waals surface area contributed by atoms with Crippen molar-refractivity contribution >= 4 is 28.9 Å². The molecule has 130 valence electrons. The minimum absolute atomic E-state index is 0.318. The average Bonchev–Trinajstić information content (AvgIpc) is 3.04. The van der Waals surface area contributed by atoms with Crippen LogP contribution < -0.4 is 5.32 Å². The SMILES string of the molecule is FC(F)(F)c1cccc(-c2ccc(CNc3cc(Cl)ccc3Cl)o2)c1. The number of halogens is 5. The molecule has 0 fully saturated rings. The van der Waals surface area contributed by atoms with Crippen LogP contribution in [0.15, 0.2) is 59.0 Å². The zero-order valence-electron chi connectivity index (χ0n) is 12.7. The van der Waals surface area contributed by atoms with E-state index in [1.807, 2.05) is 0 Å².